The predicted molar refractivity (Wildman–Crippen MR) is 55.6 cm³/mol. The molecule has 0 aromatic rings. The minimum Gasteiger partial charge on any atom is -0.330 e. The van der Waals surface area contributed by atoms with Crippen molar-refractivity contribution in [3.05, 3.63) is 0 Å². The first-order chi connectivity index (χ1) is 6.38. The summed E-state index contributed by atoms with van der Waals surface area (Å²) in [4.78, 5) is 2.60. The Kier molecular flexibility index (Phi) is 3.23. The van der Waals surface area contributed by atoms with Crippen LogP contribution in [-0.4, -0.2) is 31.1 Å². The Morgan fingerprint density at radius 3 is 2.62 bits per heavy atom. The maximum absolute atomic E-state index is 5.66. The van der Waals surface area contributed by atoms with Gasteiger partial charge in [-0.3, -0.25) is 0 Å². The summed E-state index contributed by atoms with van der Waals surface area (Å²) in [7, 11) is 0. The van der Waals surface area contributed by atoms with Crippen LogP contribution < -0.4 is 5.73 Å². The molecule has 1 unspecified atom stereocenters. The van der Waals surface area contributed by atoms with Crippen molar-refractivity contribution in [2.24, 2.45) is 17.6 Å². The zero-order valence-electron chi connectivity index (χ0n) is 8.54. The van der Waals surface area contributed by atoms with Crippen LogP contribution in [0.4, 0.5) is 0 Å². The zero-order chi connectivity index (χ0) is 9.10. The minimum atomic E-state index is 0.793. The second-order valence-electron chi connectivity index (χ2n) is 4.78. The average molecular weight is 182 g/mol. The highest BCUT2D eigenvalue weighted by Gasteiger charge is 2.23. The topological polar surface area (TPSA) is 29.3 Å². The lowest BCUT2D eigenvalue weighted by molar-refractivity contribution is 0.315. The van der Waals surface area contributed by atoms with Crippen LogP contribution in [0.25, 0.3) is 0 Å². The lowest BCUT2D eigenvalue weighted by Gasteiger charge is -2.14. The largest absolute Gasteiger partial charge is 0.330 e. The smallest absolute Gasteiger partial charge is 0.00222 e. The lowest BCUT2D eigenvalue weighted by Crippen LogP contribution is -2.24. The first-order valence-electron chi connectivity index (χ1n) is 5.81. The van der Waals surface area contributed by atoms with E-state index in [9.17, 15) is 0 Å². The number of hydrogen-bond acceptors (Lipinski definition) is 2. The lowest BCUT2D eigenvalue weighted by atomic mass is 10.1. The monoisotopic (exact) mass is 182 g/mol. The molecule has 2 aliphatic rings. The van der Waals surface area contributed by atoms with Crippen molar-refractivity contribution >= 4 is 0 Å². The van der Waals surface area contributed by atoms with Gasteiger partial charge in [0.05, 0.1) is 0 Å². The van der Waals surface area contributed by atoms with Crippen LogP contribution in [0.2, 0.25) is 0 Å². The summed E-state index contributed by atoms with van der Waals surface area (Å²) in [6.07, 6.45) is 7.24. The first-order valence-corrected chi connectivity index (χ1v) is 5.81. The van der Waals surface area contributed by atoms with Crippen LogP contribution in [0.15, 0.2) is 0 Å². The average Bonchev–Trinajstić information content (AvgIpc) is 2.84. The van der Waals surface area contributed by atoms with E-state index in [1.165, 1.54) is 51.7 Å². The van der Waals surface area contributed by atoms with Crippen molar-refractivity contribution in [1.29, 1.82) is 0 Å². The van der Waals surface area contributed by atoms with Gasteiger partial charge < -0.3 is 10.6 Å². The maximum atomic E-state index is 5.66. The van der Waals surface area contributed by atoms with Crippen molar-refractivity contribution in [3.8, 4) is 0 Å². The van der Waals surface area contributed by atoms with E-state index in [1.54, 1.807) is 0 Å². The summed E-state index contributed by atoms with van der Waals surface area (Å²) < 4.78 is 0. The Morgan fingerprint density at radius 2 is 2.00 bits per heavy atom. The fourth-order valence-electron chi connectivity index (χ4n) is 2.32. The van der Waals surface area contributed by atoms with Gasteiger partial charge in [-0.25, -0.2) is 0 Å². The third-order valence-corrected chi connectivity index (χ3v) is 3.49. The van der Waals surface area contributed by atoms with E-state index in [4.69, 9.17) is 5.73 Å². The molecule has 2 nitrogen and oxygen atoms in total. The predicted octanol–water partition coefficient (Wildman–Crippen LogP) is 1.46. The van der Waals surface area contributed by atoms with Gasteiger partial charge in [0, 0.05) is 6.54 Å². The third-order valence-electron chi connectivity index (χ3n) is 3.49. The molecule has 2 fully saturated rings. The van der Waals surface area contributed by atoms with Gasteiger partial charge in [0.2, 0.25) is 0 Å². The third kappa shape index (κ3) is 2.96. The molecule has 1 heterocycles. The molecule has 1 atom stereocenters. The molecular weight excluding hydrogens is 160 g/mol. The van der Waals surface area contributed by atoms with E-state index in [1.807, 2.05) is 0 Å². The van der Waals surface area contributed by atoms with Gasteiger partial charge in [0.25, 0.3) is 0 Å². The Bertz CT molecular complexity index is 154. The zero-order valence-corrected chi connectivity index (χ0v) is 8.54. The van der Waals surface area contributed by atoms with E-state index in [-0.39, 0.29) is 0 Å². The quantitative estimate of drug-likeness (QED) is 0.697. The molecule has 2 rings (SSSR count). The summed E-state index contributed by atoms with van der Waals surface area (Å²) in [5.74, 6) is 1.90. The van der Waals surface area contributed by atoms with Gasteiger partial charge in [0.1, 0.15) is 0 Å². The van der Waals surface area contributed by atoms with Gasteiger partial charge in [-0.05, 0) is 50.7 Å². The molecule has 13 heavy (non-hydrogen) atoms. The molecule has 1 saturated heterocycles. The second kappa shape index (κ2) is 4.43. The Labute approximate surface area is 81.5 Å². The fraction of sp³-hybridized carbons (Fsp3) is 1.00. The molecular formula is C11H22N2. The number of nitrogens with zero attached hydrogens (tertiary/aromatic N) is 1. The highest BCUT2D eigenvalue weighted by molar-refractivity contribution is 4.77. The number of likely N-dealkylation sites (tertiary alicyclic amines) is 1. The molecule has 0 aromatic carbocycles. The van der Waals surface area contributed by atoms with E-state index >= 15 is 0 Å². The van der Waals surface area contributed by atoms with Crippen molar-refractivity contribution in [1.82, 2.24) is 4.90 Å². The van der Waals surface area contributed by atoms with Crippen LogP contribution in [0.1, 0.15) is 32.1 Å². The molecule has 0 bridgehead atoms. The van der Waals surface area contributed by atoms with Crippen LogP contribution in [0, 0.1) is 11.8 Å². The van der Waals surface area contributed by atoms with Crippen LogP contribution in [0.3, 0.4) is 0 Å². The van der Waals surface area contributed by atoms with E-state index < -0.39 is 0 Å². The molecule has 0 aromatic heterocycles. The van der Waals surface area contributed by atoms with Crippen LogP contribution >= 0.6 is 0 Å². The second-order valence-corrected chi connectivity index (χ2v) is 4.78. The molecule has 1 saturated carbocycles. The molecule has 0 amide bonds. The Hall–Kier alpha value is -0.0800. The van der Waals surface area contributed by atoms with Gasteiger partial charge in [-0.2, -0.15) is 0 Å². The van der Waals surface area contributed by atoms with Crippen molar-refractivity contribution in [2.75, 3.05) is 26.2 Å². The summed E-state index contributed by atoms with van der Waals surface area (Å²) in [5, 5.41) is 0. The molecule has 0 radical (unpaired) electrons. The SMILES string of the molecule is NCC1CCN(CCCC2CC2)C1. The van der Waals surface area contributed by atoms with Crippen molar-refractivity contribution in [3.63, 3.8) is 0 Å². The van der Waals surface area contributed by atoms with Crippen LogP contribution in [0.5, 0.6) is 0 Å². The van der Waals surface area contributed by atoms with E-state index in [0.717, 1.165) is 18.4 Å². The number of nitrogens with two attached hydrogens (primary N) is 1. The highest BCUT2D eigenvalue weighted by Crippen LogP contribution is 2.33. The standard InChI is InChI=1S/C11H22N2/c12-8-11-5-7-13(9-11)6-1-2-10-3-4-10/h10-11H,1-9,12H2. The van der Waals surface area contributed by atoms with Crippen molar-refractivity contribution in [2.45, 2.75) is 32.1 Å². The Balaban J connectivity index is 1.54. The Morgan fingerprint density at radius 1 is 1.15 bits per heavy atom. The van der Waals surface area contributed by atoms with Gasteiger partial charge >= 0.3 is 0 Å². The molecule has 1 aliphatic heterocycles. The molecule has 1 aliphatic carbocycles. The fourth-order valence-corrected chi connectivity index (χ4v) is 2.32. The van der Waals surface area contributed by atoms with Crippen molar-refractivity contribution < 1.29 is 0 Å². The summed E-state index contributed by atoms with van der Waals surface area (Å²) in [5.41, 5.74) is 5.66. The molecule has 2 heteroatoms. The summed E-state index contributed by atoms with van der Waals surface area (Å²) >= 11 is 0. The van der Waals surface area contributed by atoms with Gasteiger partial charge in [-0.1, -0.05) is 12.8 Å². The van der Waals surface area contributed by atoms with E-state index in [2.05, 4.69) is 4.90 Å². The van der Waals surface area contributed by atoms with Gasteiger partial charge in [-0.15, -0.1) is 0 Å². The maximum Gasteiger partial charge on any atom is 0.00222 e. The number of hydrogen-bond donors (Lipinski definition) is 1. The molecule has 2 N–H and O–H groups in total. The molecule has 0 spiro atoms. The van der Waals surface area contributed by atoms with Crippen LogP contribution in [-0.2, 0) is 0 Å². The molecule has 76 valence electrons. The summed E-state index contributed by atoms with van der Waals surface area (Å²) in [6, 6.07) is 0. The minimum absolute atomic E-state index is 0.793. The highest BCUT2D eigenvalue weighted by atomic mass is 15.1. The summed E-state index contributed by atoms with van der Waals surface area (Å²) in [6.45, 7) is 4.78. The van der Waals surface area contributed by atoms with E-state index in [0.29, 0.717) is 0 Å². The number of rotatable bonds is 5. The first kappa shape index (κ1) is 9.47. The normalized spacial score (nSPS) is 29.8. The van der Waals surface area contributed by atoms with Gasteiger partial charge in [0.15, 0.2) is 0 Å².